The van der Waals surface area contributed by atoms with Gasteiger partial charge in [-0.15, -0.1) is 0 Å². The Morgan fingerprint density at radius 2 is 1.75 bits per heavy atom. The molecule has 2 aliphatic carbocycles. The first-order valence-corrected chi connectivity index (χ1v) is 8.61. The zero-order valence-electron chi connectivity index (χ0n) is 13.2. The normalized spacial score (nSPS) is 35.0. The molecule has 20 heavy (non-hydrogen) atoms. The van der Waals surface area contributed by atoms with Gasteiger partial charge in [0.15, 0.2) is 0 Å². The fourth-order valence-electron chi connectivity index (χ4n) is 4.06. The van der Waals surface area contributed by atoms with E-state index >= 15 is 0 Å². The summed E-state index contributed by atoms with van der Waals surface area (Å²) in [6.07, 6.45) is 10.2. The van der Waals surface area contributed by atoms with Crippen molar-refractivity contribution in [1.82, 2.24) is 5.32 Å². The molecule has 3 N–H and O–H groups in total. The molecule has 0 aromatic rings. The molecule has 0 aromatic carbocycles. The predicted octanol–water partition coefficient (Wildman–Crippen LogP) is 3.23. The van der Waals surface area contributed by atoms with Crippen LogP contribution in [0.2, 0.25) is 0 Å². The average Bonchev–Trinajstić information content (AvgIpc) is 2.41. The lowest BCUT2D eigenvalue weighted by molar-refractivity contribution is -0.123. The molecule has 3 nitrogen and oxygen atoms in total. The molecule has 2 unspecified atom stereocenters. The first-order chi connectivity index (χ1) is 9.56. The van der Waals surface area contributed by atoms with E-state index in [1.807, 2.05) is 0 Å². The number of rotatable bonds is 4. The number of nitrogens with one attached hydrogen (secondary N) is 1. The van der Waals surface area contributed by atoms with E-state index < -0.39 is 0 Å². The summed E-state index contributed by atoms with van der Waals surface area (Å²) in [5.74, 6) is 2.19. The van der Waals surface area contributed by atoms with Crippen molar-refractivity contribution >= 4 is 5.91 Å². The topological polar surface area (TPSA) is 55.1 Å². The monoisotopic (exact) mass is 280 g/mol. The van der Waals surface area contributed by atoms with Crippen LogP contribution < -0.4 is 11.1 Å². The summed E-state index contributed by atoms with van der Waals surface area (Å²) in [6, 6.07) is 0.792. The van der Waals surface area contributed by atoms with Gasteiger partial charge in [-0.25, -0.2) is 0 Å². The van der Waals surface area contributed by atoms with Crippen LogP contribution in [0.1, 0.15) is 71.6 Å². The van der Waals surface area contributed by atoms with Crippen LogP contribution >= 0.6 is 0 Å². The Morgan fingerprint density at radius 1 is 1.10 bits per heavy atom. The second kappa shape index (κ2) is 7.44. The summed E-state index contributed by atoms with van der Waals surface area (Å²) in [4.78, 5) is 12.3. The molecule has 0 heterocycles. The van der Waals surface area contributed by atoms with E-state index in [4.69, 9.17) is 5.73 Å². The molecule has 2 fully saturated rings. The van der Waals surface area contributed by atoms with Gasteiger partial charge in [0.1, 0.15) is 0 Å². The van der Waals surface area contributed by atoms with E-state index in [2.05, 4.69) is 19.2 Å². The smallest absolute Gasteiger partial charge is 0.220 e. The summed E-state index contributed by atoms with van der Waals surface area (Å²) in [6.45, 7) is 4.58. The van der Waals surface area contributed by atoms with Crippen LogP contribution in [0.3, 0.4) is 0 Å². The molecule has 2 rings (SSSR count). The number of carbonyl (C=O) groups excluding carboxylic acids is 1. The molecule has 0 aliphatic heterocycles. The predicted molar refractivity (Wildman–Crippen MR) is 83.3 cm³/mol. The third-order valence-electron chi connectivity index (χ3n) is 5.39. The zero-order chi connectivity index (χ0) is 14.5. The lowest BCUT2D eigenvalue weighted by Gasteiger charge is -2.35. The highest BCUT2D eigenvalue weighted by Gasteiger charge is 2.29. The summed E-state index contributed by atoms with van der Waals surface area (Å²) in [7, 11) is 0. The molecular formula is C17H32N2O. The molecule has 0 radical (unpaired) electrons. The first-order valence-electron chi connectivity index (χ1n) is 8.61. The largest absolute Gasteiger partial charge is 0.353 e. The summed E-state index contributed by atoms with van der Waals surface area (Å²) in [5.41, 5.74) is 5.93. The number of amides is 1. The van der Waals surface area contributed by atoms with Crippen molar-refractivity contribution in [2.75, 3.05) is 0 Å². The zero-order valence-corrected chi connectivity index (χ0v) is 13.2. The molecule has 2 aliphatic rings. The minimum Gasteiger partial charge on any atom is -0.353 e. The lowest BCUT2D eigenvalue weighted by Crippen LogP contribution is -2.44. The Morgan fingerprint density at radius 3 is 2.40 bits per heavy atom. The average molecular weight is 280 g/mol. The van der Waals surface area contributed by atoms with Crippen LogP contribution in [0.15, 0.2) is 0 Å². The second-order valence-electron chi connectivity index (χ2n) is 7.35. The molecule has 2 atom stereocenters. The van der Waals surface area contributed by atoms with Crippen molar-refractivity contribution in [3.8, 4) is 0 Å². The van der Waals surface area contributed by atoms with E-state index in [0.717, 1.165) is 25.7 Å². The Kier molecular flexibility index (Phi) is 5.88. The number of carbonyl (C=O) groups is 1. The highest BCUT2D eigenvalue weighted by atomic mass is 16.1. The van der Waals surface area contributed by atoms with Crippen LogP contribution in [-0.4, -0.2) is 18.0 Å². The maximum atomic E-state index is 12.3. The molecule has 1 amide bonds. The maximum Gasteiger partial charge on any atom is 0.220 e. The highest BCUT2D eigenvalue weighted by molar-refractivity contribution is 5.76. The fraction of sp³-hybridized carbons (Fsp3) is 0.941. The minimum atomic E-state index is 0.281. The quantitative estimate of drug-likeness (QED) is 0.830. The van der Waals surface area contributed by atoms with Gasteiger partial charge in [0.2, 0.25) is 5.91 Å². The molecule has 0 aromatic heterocycles. The maximum absolute atomic E-state index is 12.3. The van der Waals surface area contributed by atoms with E-state index in [-0.39, 0.29) is 5.91 Å². The van der Waals surface area contributed by atoms with E-state index in [1.165, 1.54) is 25.7 Å². The van der Waals surface area contributed by atoms with E-state index in [9.17, 15) is 4.79 Å². The van der Waals surface area contributed by atoms with Gasteiger partial charge in [0.05, 0.1) is 0 Å². The summed E-state index contributed by atoms with van der Waals surface area (Å²) < 4.78 is 0. The van der Waals surface area contributed by atoms with Crippen LogP contribution in [-0.2, 0) is 4.79 Å². The fourth-order valence-corrected chi connectivity index (χ4v) is 4.06. The molecular weight excluding hydrogens is 248 g/mol. The third-order valence-corrected chi connectivity index (χ3v) is 5.39. The first kappa shape index (κ1) is 15.8. The van der Waals surface area contributed by atoms with Gasteiger partial charge in [-0.3, -0.25) is 4.79 Å². The van der Waals surface area contributed by atoms with Crippen molar-refractivity contribution in [2.24, 2.45) is 23.5 Å². The minimum absolute atomic E-state index is 0.281. The third kappa shape index (κ3) is 4.47. The van der Waals surface area contributed by atoms with Gasteiger partial charge in [0, 0.05) is 18.5 Å². The van der Waals surface area contributed by atoms with Gasteiger partial charge in [-0.2, -0.15) is 0 Å². The van der Waals surface area contributed by atoms with Crippen molar-refractivity contribution < 1.29 is 4.79 Å². The SMILES string of the molecule is CC(C)C1CCCCC1NC(=O)CC1CCC(N)CC1. The Hall–Kier alpha value is -0.570. The Labute approximate surface area is 124 Å². The standard InChI is InChI=1S/C17H32N2O/c1-12(2)15-5-3-4-6-16(15)19-17(20)11-13-7-9-14(18)10-8-13/h12-16H,3-11,18H2,1-2H3,(H,19,20). The van der Waals surface area contributed by atoms with E-state index in [0.29, 0.717) is 36.3 Å². The molecule has 0 saturated heterocycles. The number of nitrogens with two attached hydrogens (primary N) is 1. The van der Waals surface area contributed by atoms with Crippen molar-refractivity contribution in [1.29, 1.82) is 0 Å². The van der Waals surface area contributed by atoms with E-state index in [1.54, 1.807) is 0 Å². The molecule has 2 saturated carbocycles. The molecule has 0 bridgehead atoms. The van der Waals surface area contributed by atoms with Gasteiger partial charge >= 0.3 is 0 Å². The van der Waals surface area contributed by atoms with Crippen molar-refractivity contribution in [3.05, 3.63) is 0 Å². The number of hydrogen-bond donors (Lipinski definition) is 2. The lowest BCUT2D eigenvalue weighted by atomic mass is 9.77. The van der Waals surface area contributed by atoms with Crippen LogP contribution in [0, 0.1) is 17.8 Å². The number of hydrogen-bond acceptors (Lipinski definition) is 2. The molecule has 3 heteroatoms. The van der Waals surface area contributed by atoms with Crippen molar-refractivity contribution in [2.45, 2.75) is 83.7 Å². The van der Waals surface area contributed by atoms with Gasteiger partial charge in [-0.05, 0) is 56.3 Å². The van der Waals surface area contributed by atoms with Gasteiger partial charge < -0.3 is 11.1 Å². The van der Waals surface area contributed by atoms with Gasteiger partial charge in [0.25, 0.3) is 0 Å². The highest BCUT2D eigenvalue weighted by Crippen LogP contribution is 2.31. The Balaban J connectivity index is 1.78. The van der Waals surface area contributed by atoms with Gasteiger partial charge in [-0.1, -0.05) is 26.7 Å². The Bertz CT molecular complexity index is 308. The summed E-state index contributed by atoms with van der Waals surface area (Å²) in [5, 5.41) is 3.34. The molecule has 0 spiro atoms. The molecule has 116 valence electrons. The van der Waals surface area contributed by atoms with Crippen LogP contribution in [0.4, 0.5) is 0 Å². The van der Waals surface area contributed by atoms with Crippen LogP contribution in [0.25, 0.3) is 0 Å². The van der Waals surface area contributed by atoms with Crippen molar-refractivity contribution in [3.63, 3.8) is 0 Å². The summed E-state index contributed by atoms with van der Waals surface area (Å²) >= 11 is 0. The van der Waals surface area contributed by atoms with Crippen LogP contribution in [0.5, 0.6) is 0 Å². The second-order valence-corrected chi connectivity index (χ2v) is 7.35.